The highest BCUT2D eigenvalue weighted by atomic mass is 32.2. The predicted octanol–water partition coefficient (Wildman–Crippen LogP) is 2.69. The van der Waals surface area contributed by atoms with Crippen molar-refractivity contribution in [2.24, 2.45) is 0 Å². The Bertz CT molecular complexity index is 494. The largest absolute Gasteiger partial charge is 0.336 e. The highest BCUT2D eigenvalue weighted by molar-refractivity contribution is 8.01. The van der Waals surface area contributed by atoms with Gasteiger partial charge in [-0.1, -0.05) is 32.0 Å². The SMILES string of the molecule is CCC1CN(C(=O)C2Cc3ccccc3S2)C(CC)CN1. The molecule has 0 bridgehead atoms. The summed E-state index contributed by atoms with van der Waals surface area (Å²) in [7, 11) is 0. The molecule has 21 heavy (non-hydrogen) atoms. The molecule has 3 unspecified atom stereocenters. The van der Waals surface area contributed by atoms with Gasteiger partial charge in [-0.3, -0.25) is 4.79 Å². The molecule has 4 heteroatoms. The van der Waals surface area contributed by atoms with E-state index in [4.69, 9.17) is 0 Å². The number of piperazine rings is 1. The van der Waals surface area contributed by atoms with Crippen LogP contribution in [0.4, 0.5) is 0 Å². The lowest BCUT2D eigenvalue weighted by Crippen LogP contribution is -2.59. The molecular weight excluding hydrogens is 280 g/mol. The number of nitrogens with one attached hydrogen (secondary N) is 1. The van der Waals surface area contributed by atoms with Crippen LogP contribution in [-0.4, -0.2) is 41.2 Å². The molecule has 3 rings (SSSR count). The minimum absolute atomic E-state index is 0.0760. The van der Waals surface area contributed by atoms with Gasteiger partial charge in [-0.15, -0.1) is 11.8 Å². The molecule has 1 saturated heterocycles. The molecule has 114 valence electrons. The lowest BCUT2D eigenvalue weighted by atomic mass is 10.0. The van der Waals surface area contributed by atoms with E-state index in [-0.39, 0.29) is 5.25 Å². The Hall–Kier alpha value is -1.00. The van der Waals surface area contributed by atoms with Gasteiger partial charge in [0.25, 0.3) is 0 Å². The van der Waals surface area contributed by atoms with E-state index in [2.05, 4.69) is 48.3 Å². The third kappa shape index (κ3) is 2.97. The fourth-order valence-corrected chi connectivity index (χ4v) is 4.54. The number of fused-ring (bicyclic) bond motifs is 1. The van der Waals surface area contributed by atoms with Crippen LogP contribution in [0.1, 0.15) is 32.3 Å². The van der Waals surface area contributed by atoms with Crippen molar-refractivity contribution >= 4 is 17.7 Å². The van der Waals surface area contributed by atoms with Crippen LogP contribution < -0.4 is 5.32 Å². The van der Waals surface area contributed by atoms with Gasteiger partial charge < -0.3 is 10.2 Å². The van der Waals surface area contributed by atoms with Gasteiger partial charge >= 0.3 is 0 Å². The highest BCUT2D eigenvalue weighted by Gasteiger charge is 2.36. The highest BCUT2D eigenvalue weighted by Crippen LogP contribution is 2.38. The Balaban J connectivity index is 1.72. The number of carbonyl (C=O) groups excluding carboxylic acids is 1. The Morgan fingerprint density at radius 2 is 2.14 bits per heavy atom. The van der Waals surface area contributed by atoms with Crippen molar-refractivity contribution in [3.05, 3.63) is 29.8 Å². The fraction of sp³-hybridized carbons (Fsp3) is 0.588. The topological polar surface area (TPSA) is 32.3 Å². The Morgan fingerprint density at radius 1 is 1.33 bits per heavy atom. The maximum atomic E-state index is 13.0. The minimum atomic E-state index is 0.0760. The standard InChI is InChI=1S/C17H24N2OS/c1-3-13-11-19(14(4-2)10-18-13)17(20)16-9-12-7-5-6-8-15(12)21-16/h5-8,13-14,16,18H,3-4,9-11H2,1-2H3. The first kappa shape index (κ1) is 14.9. The molecule has 2 heterocycles. The summed E-state index contributed by atoms with van der Waals surface area (Å²) >= 11 is 1.75. The summed E-state index contributed by atoms with van der Waals surface area (Å²) in [6.07, 6.45) is 2.99. The fourth-order valence-electron chi connectivity index (χ4n) is 3.28. The molecule has 1 N–H and O–H groups in total. The second kappa shape index (κ2) is 6.41. The van der Waals surface area contributed by atoms with Gasteiger partial charge in [-0.2, -0.15) is 0 Å². The molecule has 3 atom stereocenters. The first-order valence-corrected chi connectivity index (χ1v) is 8.89. The molecule has 1 amide bonds. The number of benzene rings is 1. The van der Waals surface area contributed by atoms with Crippen molar-refractivity contribution in [1.82, 2.24) is 10.2 Å². The first-order chi connectivity index (χ1) is 10.2. The zero-order valence-electron chi connectivity index (χ0n) is 12.8. The van der Waals surface area contributed by atoms with E-state index in [9.17, 15) is 4.79 Å². The summed E-state index contributed by atoms with van der Waals surface area (Å²) in [5, 5.41) is 3.64. The second-order valence-electron chi connectivity index (χ2n) is 5.98. The van der Waals surface area contributed by atoms with Crippen LogP contribution in [0.2, 0.25) is 0 Å². The first-order valence-electron chi connectivity index (χ1n) is 8.01. The number of hydrogen-bond donors (Lipinski definition) is 1. The van der Waals surface area contributed by atoms with Gasteiger partial charge in [0.05, 0.1) is 5.25 Å². The minimum Gasteiger partial charge on any atom is -0.336 e. The van der Waals surface area contributed by atoms with Gasteiger partial charge in [-0.05, 0) is 30.9 Å². The van der Waals surface area contributed by atoms with Crippen molar-refractivity contribution < 1.29 is 4.79 Å². The van der Waals surface area contributed by atoms with E-state index in [1.165, 1.54) is 10.5 Å². The molecule has 1 aromatic carbocycles. The molecular formula is C17H24N2OS. The zero-order valence-corrected chi connectivity index (χ0v) is 13.7. The predicted molar refractivity (Wildman–Crippen MR) is 87.7 cm³/mol. The van der Waals surface area contributed by atoms with Crippen molar-refractivity contribution in [3.63, 3.8) is 0 Å². The summed E-state index contributed by atoms with van der Waals surface area (Å²) in [5.41, 5.74) is 1.33. The van der Waals surface area contributed by atoms with Crippen molar-refractivity contribution in [2.45, 2.75) is 55.3 Å². The second-order valence-corrected chi connectivity index (χ2v) is 7.23. The van der Waals surface area contributed by atoms with Crippen LogP contribution in [0.5, 0.6) is 0 Å². The van der Waals surface area contributed by atoms with Gasteiger partial charge in [-0.25, -0.2) is 0 Å². The van der Waals surface area contributed by atoms with Crippen molar-refractivity contribution in [1.29, 1.82) is 0 Å². The van der Waals surface area contributed by atoms with Crippen LogP contribution >= 0.6 is 11.8 Å². The maximum absolute atomic E-state index is 13.0. The number of carbonyl (C=O) groups is 1. The summed E-state index contributed by atoms with van der Waals surface area (Å²) < 4.78 is 0. The molecule has 0 aliphatic carbocycles. The van der Waals surface area contributed by atoms with Crippen LogP contribution in [0, 0.1) is 0 Å². The molecule has 0 saturated carbocycles. The van der Waals surface area contributed by atoms with E-state index in [0.717, 1.165) is 32.4 Å². The number of thioether (sulfide) groups is 1. The third-order valence-electron chi connectivity index (χ3n) is 4.67. The molecule has 2 aliphatic heterocycles. The smallest absolute Gasteiger partial charge is 0.236 e. The van der Waals surface area contributed by atoms with Gasteiger partial charge in [0.2, 0.25) is 5.91 Å². The van der Waals surface area contributed by atoms with E-state index in [1.807, 2.05) is 0 Å². The third-order valence-corrected chi connectivity index (χ3v) is 5.97. The zero-order chi connectivity index (χ0) is 14.8. The molecule has 1 aromatic rings. The van der Waals surface area contributed by atoms with Crippen LogP contribution in [0.25, 0.3) is 0 Å². The lowest BCUT2D eigenvalue weighted by molar-refractivity contribution is -0.134. The van der Waals surface area contributed by atoms with Gasteiger partial charge in [0.15, 0.2) is 0 Å². The average Bonchev–Trinajstić information content (AvgIpc) is 2.97. The van der Waals surface area contributed by atoms with E-state index in [0.29, 0.717) is 18.0 Å². The van der Waals surface area contributed by atoms with Crippen molar-refractivity contribution in [3.8, 4) is 0 Å². The van der Waals surface area contributed by atoms with Gasteiger partial charge in [0, 0.05) is 30.1 Å². The Kier molecular flexibility index (Phi) is 4.55. The molecule has 0 aromatic heterocycles. The molecule has 0 spiro atoms. The summed E-state index contributed by atoms with van der Waals surface area (Å²) in [6.45, 7) is 6.16. The molecule has 0 radical (unpaired) electrons. The number of hydrogen-bond acceptors (Lipinski definition) is 3. The van der Waals surface area contributed by atoms with Crippen LogP contribution in [0.15, 0.2) is 29.2 Å². The number of amides is 1. The van der Waals surface area contributed by atoms with E-state index >= 15 is 0 Å². The summed E-state index contributed by atoms with van der Waals surface area (Å²) in [4.78, 5) is 16.4. The van der Waals surface area contributed by atoms with Crippen LogP contribution in [-0.2, 0) is 11.2 Å². The van der Waals surface area contributed by atoms with Crippen molar-refractivity contribution in [2.75, 3.05) is 13.1 Å². The number of rotatable bonds is 3. The summed E-state index contributed by atoms with van der Waals surface area (Å²) in [6, 6.07) is 9.22. The lowest BCUT2D eigenvalue weighted by Gasteiger charge is -2.41. The normalized spacial score (nSPS) is 28.5. The average molecular weight is 304 g/mol. The van der Waals surface area contributed by atoms with Gasteiger partial charge in [0.1, 0.15) is 0 Å². The number of nitrogens with zero attached hydrogens (tertiary/aromatic N) is 1. The maximum Gasteiger partial charge on any atom is 0.236 e. The van der Waals surface area contributed by atoms with E-state index in [1.54, 1.807) is 11.8 Å². The Labute approximate surface area is 131 Å². The molecule has 3 nitrogen and oxygen atoms in total. The van der Waals surface area contributed by atoms with E-state index < -0.39 is 0 Å². The monoisotopic (exact) mass is 304 g/mol. The van der Waals surface area contributed by atoms with Crippen LogP contribution in [0.3, 0.4) is 0 Å². The quantitative estimate of drug-likeness (QED) is 0.932. The Morgan fingerprint density at radius 3 is 2.86 bits per heavy atom. The summed E-state index contributed by atoms with van der Waals surface area (Å²) in [5.74, 6) is 0.336. The molecule has 2 aliphatic rings. The molecule has 1 fully saturated rings.